The molecule has 0 spiro atoms. The molecule has 0 radical (unpaired) electrons. The second-order valence-electron chi connectivity index (χ2n) is 2.91. The van der Waals surface area contributed by atoms with Crippen molar-refractivity contribution in [2.24, 2.45) is 5.73 Å². The predicted molar refractivity (Wildman–Crippen MR) is 57.4 cm³/mol. The summed E-state index contributed by atoms with van der Waals surface area (Å²) >= 11 is 0. The maximum absolute atomic E-state index is 13.0. The summed E-state index contributed by atoms with van der Waals surface area (Å²) in [7, 11) is 1.44. The molecule has 80 valence electrons. The van der Waals surface area contributed by atoms with Crippen molar-refractivity contribution in [1.29, 1.82) is 0 Å². The van der Waals surface area contributed by atoms with E-state index in [2.05, 4.69) is 0 Å². The Kier molecular flexibility index (Phi) is 5.50. The van der Waals surface area contributed by atoms with Crippen molar-refractivity contribution in [2.75, 3.05) is 7.11 Å². The monoisotopic (exact) mass is 219 g/mol. The fourth-order valence-electron chi connectivity index (χ4n) is 1.14. The molecule has 1 aromatic rings. The maximum atomic E-state index is 13.0. The molecule has 0 aliphatic rings. The number of hydrogen-bond donors (Lipinski definition) is 1. The second kappa shape index (κ2) is 5.83. The Morgan fingerprint density at radius 2 is 2.14 bits per heavy atom. The lowest BCUT2D eigenvalue weighted by molar-refractivity contribution is 0.385. The van der Waals surface area contributed by atoms with E-state index in [0.29, 0.717) is 0 Å². The molecule has 0 fully saturated rings. The Bertz CT molecular complexity index is 293. The number of hydrogen-bond acceptors (Lipinski definition) is 2. The van der Waals surface area contributed by atoms with Crippen LogP contribution in [-0.2, 0) is 0 Å². The van der Waals surface area contributed by atoms with Crippen LogP contribution in [0.1, 0.15) is 24.9 Å². The number of ether oxygens (including phenoxy) is 1. The van der Waals surface area contributed by atoms with Gasteiger partial charge in [0.1, 0.15) is 0 Å². The Morgan fingerprint density at radius 1 is 1.50 bits per heavy atom. The molecule has 2 nitrogen and oxygen atoms in total. The van der Waals surface area contributed by atoms with Crippen LogP contribution < -0.4 is 10.5 Å². The molecule has 1 atom stereocenters. The van der Waals surface area contributed by atoms with Gasteiger partial charge in [0.25, 0.3) is 0 Å². The molecule has 1 aromatic carbocycles. The van der Waals surface area contributed by atoms with Gasteiger partial charge in [-0.3, -0.25) is 0 Å². The Morgan fingerprint density at radius 3 is 2.64 bits per heavy atom. The van der Waals surface area contributed by atoms with E-state index in [1.54, 1.807) is 12.1 Å². The number of benzene rings is 1. The number of rotatable bonds is 3. The summed E-state index contributed by atoms with van der Waals surface area (Å²) < 4.78 is 17.8. The van der Waals surface area contributed by atoms with Crippen LogP contribution in [0.5, 0.6) is 5.75 Å². The number of nitrogens with two attached hydrogens (primary N) is 1. The van der Waals surface area contributed by atoms with Crippen LogP contribution in [0.3, 0.4) is 0 Å². The Balaban J connectivity index is 0.00000169. The van der Waals surface area contributed by atoms with Gasteiger partial charge in [0.2, 0.25) is 0 Å². The Hall–Kier alpha value is -0.800. The van der Waals surface area contributed by atoms with Gasteiger partial charge in [-0.1, -0.05) is 13.0 Å². The lowest BCUT2D eigenvalue weighted by Gasteiger charge is -2.10. The maximum Gasteiger partial charge on any atom is 0.165 e. The average Bonchev–Trinajstić information content (AvgIpc) is 2.17. The van der Waals surface area contributed by atoms with E-state index in [1.807, 2.05) is 6.92 Å². The zero-order chi connectivity index (χ0) is 9.84. The van der Waals surface area contributed by atoms with Crippen molar-refractivity contribution in [3.63, 3.8) is 0 Å². The van der Waals surface area contributed by atoms with Gasteiger partial charge >= 0.3 is 0 Å². The van der Waals surface area contributed by atoms with Gasteiger partial charge < -0.3 is 10.5 Å². The van der Waals surface area contributed by atoms with Crippen molar-refractivity contribution < 1.29 is 9.13 Å². The molecular weight excluding hydrogens is 205 g/mol. The summed E-state index contributed by atoms with van der Waals surface area (Å²) in [5.74, 6) is -0.101. The first-order valence-electron chi connectivity index (χ1n) is 4.28. The third-order valence-electron chi connectivity index (χ3n) is 2.04. The lowest BCUT2D eigenvalue weighted by Crippen LogP contribution is -2.08. The summed E-state index contributed by atoms with van der Waals surface area (Å²) in [5.41, 5.74) is 6.69. The summed E-state index contributed by atoms with van der Waals surface area (Å²) in [6.07, 6.45) is 0.828. The SMILES string of the molecule is CC[C@@H](N)c1ccc(F)c(OC)c1.Cl. The van der Waals surface area contributed by atoms with Crippen LogP contribution in [0, 0.1) is 5.82 Å². The van der Waals surface area contributed by atoms with E-state index in [4.69, 9.17) is 10.5 Å². The van der Waals surface area contributed by atoms with Gasteiger partial charge in [0.15, 0.2) is 11.6 Å². The summed E-state index contributed by atoms with van der Waals surface area (Å²) in [4.78, 5) is 0. The van der Waals surface area contributed by atoms with Crippen LogP contribution in [-0.4, -0.2) is 7.11 Å². The summed E-state index contributed by atoms with van der Waals surface area (Å²) in [5, 5.41) is 0. The number of methoxy groups -OCH3 is 1. The predicted octanol–water partition coefficient (Wildman–Crippen LogP) is 2.67. The zero-order valence-corrected chi connectivity index (χ0v) is 9.10. The summed E-state index contributed by atoms with van der Waals surface area (Å²) in [6.45, 7) is 1.99. The smallest absolute Gasteiger partial charge is 0.165 e. The molecule has 0 saturated heterocycles. The van der Waals surface area contributed by atoms with Crippen molar-refractivity contribution in [3.8, 4) is 5.75 Å². The first-order valence-corrected chi connectivity index (χ1v) is 4.28. The quantitative estimate of drug-likeness (QED) is 0.849. The molecule has 0 saturated carbocycles. The summed E-state index contributed by atoms with van der Waals surface area (Å²) in [6, 6.07) is 4.66. The minimum atomic E-state index is -0.352. The van der Waals surface area contributed by atoms with Crippen LogP contribution in [0.15, 0.2) is 18.2 Å². The van der Waals surface area contributed by atoms with Crippen LogP contribution in [0.2, 0.25) is 0 Å². The first kappa shape index (κ1) is 13.2. The fourth-order valence-corrected chi connectivity index (χ4v) is 1.14. The molecular formula is C10H15ClFNO. The van der Waals surface area contributed by atoms with E-state index >= 15 is 0 Å². The molecule has 0 bridgehead atoms. The highest BCUT2D eigenvalue weighted by Crippen LogP contribution is 2.22. The highest BCUT2D eigenvalue weighted by molar-refractivity contribution is 5.85. The Labute approximate surface area is 89.7 Å². The van der Waals surface area contributed by atoms with Crippen molar-refractivity contribution in [2.45, 2.75) is 19.4 Å². The van der Waals surface area contributed by atoms with Crippen molar-refractivity contribution in [1.82, 2.24) is 0 Å². The van der Waals surface area contributed by atoms with Gasteiger partial charge in [-0.2, -0.15) is 0 Å². The topological polar surface area (TPSA) is 35.2 Å². The third kappa shape index (κ3) is 2.86. The van der Waals surface area contributed by atoms with Crippen LogP contribution in [0.25, 0.3) is 0 Å². The molecule has 0 aliphatic carbocycles. The van der Waals surface area contributed by atoms with Crippen molar-refractivity contribution >= 4 is 12.4 Å². The van der Waals surface area contributed by atoms with Crippen LogP contribution in [0.4, 0.5) is 4.39 Å². The molecule has 0 aromatic heterocycles. The fraction of sp³-hybridized carbons (Fsp3) is 0.400. The van der Waals surface area contributed by atoms with Crippen molar-refractivity contribution in [3.05, 3.63) is 29.6 Å². The molecule has 0 unspecified atom stereocenters. The van der Waals surface area contributed by atoms with E-state index in [-0.39, 0.29) is 30.0 Å². The lowest BCUT2D eigenvalue weighted by atomic mass is 10.1. The molecule has 2 N–H and O–H groups in total. The van der Waals surface area contributed by atoms with E-state index in [9.17, 15) is 4.39 Å². The standard InChI is InChI=1S/C10H14FNO.ClH/c1-3-9(12)7-4-5-8(11)10(6-7)13-2;/h4-6,9H,3,12H2,1-2H3;1H/t9-;/m1./s1. The van der Waals surface area contributed by atoms with Gasteiger partial charge in [-0.15, -0.1) is 12.4 Å². The van der Waals surface area contributed by atoms with Gasteiger partial charge in [-0.05, 0) is 24.1 Å². The molecule has 0 heterocycles. The highest BCUT2D eigenvalue weighted by atomic mass is 35.5. The first-order chi connectivity index (χ1) is 6.19. The molecule has 0 aliphatic heterocycles. The van der Waals surface area contributed by atoms with Gasteiger partial charge in [-0.25, -0.2) is 4.39 Å². The molecule has 1 rings (SSSR count). The largest absolute Gasteiger partial charge is 0.494 e. The van der Waals surface area contributed by atoms with Gasteiger partial charge in [0.05, 0.1) is 7.11 Å². The minimum absolute atomic E-state index is 0. The van der Waals surface area contributed by atoms with E-state index < -0.39 is 0 Å². The molecule has 14 heavy (non-hydrogen) atoms. The van der Waals surface area contributed by atoms with Gasteiger partial charge in [0, 0.05) is 6.04 Å². The minimum Gasteiger partial charge on any atom is -0.494 e. The second-order valence-corrected chi connectivity index (χ2v) is 2.91. The zero-order valence-electron chi connectivity index (χ0n) is 8.29. The molecule has 0 amide bonds. The molecule has 4 heteroatoms. The van der Waals surface area contributed by atoms with E-state index in [1.165, 1.54) is 13.2 Å². The van der Waals surface area contributed by atoms with Crippen LogP contribution >= 0.6 is 12.4 Å². The van der Waals surface area contributed by atoms with E-state index in [0.717, 1.165) is 12.0 Å². The average molecular weight is 220 g/mol. The third-order valence-corrected chi connectivity index (χ3v) is 2.04. The normalized spacial score (nSPS) is 11.7. The highest BCUT2D eigenvalue weighted by Gasteiger charge is 2.07. The number of halogens is 2.